The summed E-state index contributed by atoms with van der Waals surface area (Å²) in [5.74, 6) is -0.336. The first kappa shape index (κ1) is 15.6. The molecule has 2 nitrogen and oxygen atoms in total. The highest BCUT2D eigenvalue weighted by molar-refractivity contribution is 5.90. The van der Waals surface area contributed by atoms with Gasteiger partial charge in [-0.3, -0.25) is 0 Å². The van der Waals surface area contributed by atoms with Crippen molar-refractivity contribution < 1.29 is 22.7 Å². The Bertz CT molecular complexity index is 559. The van der Waals surface area contributed by atoms with Crippen LogP contribution in [-0.2, 0) is 22.1 Å². The largest absolute Gasteiger partial charge is 0.463 e. The molecule has 2 rings (SSSR count). The summed E-state index contributed by atoms with van der Waals surface area (Å²) in [7, 11) is 0. The zero-order valence-corrected chi connectivity index (χ0v) is 11.8. The third-order valence-corrected chi connectivity index (χ3v) is 3.53. The molecule has 1 aromatic carbocycles. The highest BCUT2D eigenvalue weighted by Crippen LogP contribution is 2.32. The summed E-state index contributed by atoms with van der Waals surface area (Å²) in [6.07, 6.45) is -1.73. The van der Waals surface area contributed by atoms with E-state index in [2.05, 4.69) is 0 Å². The first-order valence-electron chi connectivity index (χ1n) is 6.96. The van der Waals surface area contributed by atoms with Gasteiger partial charge >= 0.3 is 12.1 Å². The van der Waals surface area contributed by atoms with E-state index in [4.69, 9.17) is 4.74 Å². The van der Waals surface area contributed by atoms with E-state index < -0.39 is 11.7 Å². The second-order valence-corrected chi connectivity index (χ2v) is 5.03. The van der Waals surface area contributed by atoms with Gasteiger partial charge in [-0.25, -0.2) is 4.79 Å². The van der Waals surface area contributed by atoms with Crippen LogP contribution in [0, 0.1) is 0 Å². The van der Waals surface area contributed by atoms with Crippen molar-refractivity contribution >= 4 is 5.97 Å². The molecule has 0 amide bonds. The molecule has 0 radical (unpaired) electrons. The fraction of sp³-hybridized carbons (Fsp3) is 0.438. The van der Waals surface area contributed by atoms with Gasteiger partial charge in [-0.05, 0) is 44.2 Å². The molecule has 5 heteroatoms. The van der Waals surface area contributed by atoms with Crippen molar-refractivity contribution in [3.05, 3.63) is 46.5 Å². The van der Waals surface area contributed by atoms with Crippen molar-refractivity contribution in [2.75, 3.05) is 6.61 Å². The Kier molecular flexibility index (Phi) is 4.70. The number of carbonyl (C=O) groups is 1. The molecule has 0 unspecified atom stereocenters. The zero-order valence-electron chi connectivity index (χ0n) is 11.8. The van der Waals surface area contributed by atoms with E-state index in [-0.39, 0.29) is 5.97 Å². The van der Waals surface area contributed by atoms with Crippen LogP contribution in [0.2, 0.25) is 0 Å². The Labute approximate surface area is 121 Å². The lowest BCUT2D eigenvalue weighted by atomic mass is 10.00. The SMILES string of the molecule is CCOC(=O)C1=C(Cc2cccc(C(F)(F)F)c2)CCC1. The number of benzene rings is 1. The predicted octanol–water partition coefficient (Wildman–Crippen LogP) is 4.29. The van der Waals surface area contributed by atoms with Crippen LogP contribution in [0.5, 0.6) is 0 Å². The molecular formula is C16H17F3O2. The van der Waals surface area contributed by atoms with Crippen LogP contribution in [0.15, 0.2) is 35.4 Å². The van der Waals surface area contributed by atoms with Crippen molar-refractivity contribution in [2.24, 2.45) is 0 Å². The molecule has 0 atom stereocenters. The Morgan fingerprint density at radius 2 is 2.05 bits per heavy atom. The maximum Gasteiger partial charge on any atom is 0.416 e. The molecule has 21 heavy (non-hydrogen) atoms. The van der Waals surface area contributed by atoms with Crippen molar-refractivity contribution in [1.82, 2.24) is 0 Å². The van der Waals surface area contributed by atoms with E-state index in [9.17, 15) is 18.0 Å². The Morgan fingerprint density at radius 3 is 2.71 bits per heavy atom. The van der Waals surface area contributed by atoms with Crippen molar-refractivity contribution in [3.63, 3.8) is 0 Å². The van der Waals surface area contributed by atoms with Gasteiger partial charge in [-0.2, -0.15) is 13.2 Å². The number of esters is 1. The number of alkyl halides is 3. The van der Waals surface area contributed by atoms with Gasteiger partial charge < -0.3 is 4.74 Å². The number of hydrogen-bond donors (Lipinski definition) is 0. The molecule has 1 aromatic rings. The van der Waals surface area contributed by atoms with Gasteiger partial charge in [0.2, 0.25) is 0 Å². The average molecular weight is 298 g/mol. The van der Waals surface area contributed by atoms with Crippen LogP contribution >= 0.6 is 0 Å². The topological polar surface area (TPSA) is 26.3 Å². The summed E-state index contributed by atoms with van der Waals surface area (Å²) in [6.45, 7) is 2.04. The lowest BCUT2D eigenvalue weighted by Gasteiger charge is -2.10. The lowest BCUT2D eigenvalue weighted by molar-refractivity contribution is -0.139. The van der Waals surface area contributed by atoms with Crippen molar-refractivity contribution in [1.29, 1.82) is 0 Å². The second kappa shape index (κ2) is 6.33. The van der Waals surface area contributed by atoms with E-state index in [0.29, 0.717) is 30.6 Å². The molecule has 0 N–H and O–H groups in total. The van der Waals surface area contributed by atoms with Crippen molar-refractivity contribution in [2.45, 2.75) is 38.8 Å². The van der Waals surface area contributed by atoms with Gasteiger partial charge in [0.15, 0.2) is 0 Å². The number of ether oxygens (including phenoxy) is 1. The van der Waals surface area contributed by atoms with E-state index in [1.54, 1.807) is 13.0 Å². The van der Waals surface area contributed by atoms with E-state index >= 15 is 0 Å². The third kappa shape index (κ3) is 3.86. The molecule has 0 aliphatic heterocycles. The van der Waals surface area contributed by atoms with E-state index in [1.165, 1.54) is 6.07 Å². The van der Waals surface area contributed by atoms with Crippen LogP contribution in [-0.4, -0.2) is 12.6 Å². The van der Waals surface area contributed by atoms with Crippen molar-refractivity contribution in [3.8, 4) is 0 Å². The van der Waals surface area contributed by atoms with Crippen LogP contribution < -0.4 is 0 Å². The molecular weight excluding hydrogens is 281 g/mol. The van der Waals surface area contributed by atoms with Gasteiger partial charge in [0.05, 0.1) is 12.2 Å². The molecule has 1 aliphatic rings. The van der Waals surface area contributed by atoms with Crippen LogP contribution in [0.4, 0.5) is 13.2 Å². The Balaban J connectivity index is 2.21. The maximum absolute atomic E-state index is 12.7. The maximum atomic E-state index is 12.7. The monoisotopic (exact) mass is 298 g/mol. The molecule has 0 saturated carbocycles. The first-order chi connectivity index (χ1) is 9.91. The smallest absolute Gasteiger partial charge is 0.416 e. The first-order valence-corrected chi connectivity index (χ1v) is 6.96. The Morgan fingerprint density at radius 1 is 1.29 bits per heavy atom. The molecule has 0 bridgehead atoms. The fourth-order valence-electron chi connectivity index (χ4n) is 2.57. The quantitative estimate of drug-likeness (QED) is 0.775. The summed E-state index contributed by atoms with van der Waals surface area (Å²) >= 11 is 0. The fourth-order valence-corrected chi connectivity index (χ4v) is 2.57. The molecule has 0 saturated heterocycles. The summed E-state index contributed by atoms with van der Waals surface area (Å²) in [6, 6.07) is 5.26. The van der Waals surface area contributed by atoms with E-state index in [0.717, 1.165) is 30.5 Å². The lowest BCUT2D eigenvalue weighted by Crippen LogP contribution is -2.09. The predicted molar refractivity (Wildman–Crippen MR) is 72.7 cm³/mol. The minimum Gasteiger partial charge on any atom is -0.463 e. The minimum absolute atomic E-state index is 0.305. The number of carbonyl (C=O) groups excluding carboxylic acids is 1. The Hall–Kier alpha value is -1.78. The summed E-state index contributed by atoms with van der Waals surface area (Å²) in [4.78, 5) is 11.8. The van der Waals surface area contributed by atoms with Crippen LogP contribution in [0.25, 0.3) is 0 Å². The molecule has 0 heterocycles. The van der Waals surface area contributed by atoms with Gasteiger partial charge in [0.25, 0.3) is 0 Å². The molecule has 114 valence electrons. The number of allylic oxidation sites excluding steroid dienone is 1. The van der Waals surface area contributed by atoms with Gasteiger partial charge in [0.1, 0.15) is 0 Å². The number of halogens is 3. The van der Waals surface area contributed by atoms with Gasteiger partial charge in [0, 0.05) is 5.57 Å². The summed E-state index contributed by atoms with van der Waals surface area (Å²) < 4.78 is 43.1. The minimum atomic E-state index is -4.34. The standard InChI is InChI=1S/C16H17F3O2/c1-2-21-15(20)14-8-4-6-12(14)9-11-5-3-7-13(10-11)16(17,18)19/h3,5,7,10H,2,4,6,8-9H2,1H3. The highest BCUT2D eigenvalue weighted by Gasteiger charge is 2.30. The highest BCUT2D eigenvalue weighted by atomic mass is 19.4. The second-order valence-electron chi connectivity index (χ2n) is 5.03. The molecule has 0 fully saturated rings. The van der Waals surface area contributed by atoms with Crippen LogP contribution in [0.1, 0.15) is 37.3 Å². The summed E-state index contributed by atoms with van der Waals surface area (Å²) in [5.41, 5.74) is 1.45. The molecule has 0 spiro atoms. The normalized spacial score (nSPS) is 15.4. The van der Waals surface area contributed by atoms with E-state index in [1.807, 2.05) is 0 Å². The van der Waals surface area contributed by atoms with Gasteiger partial charge in [-0.1, -0.05) is 23.8 Å². The number of rotatable bonds is 4. The molecule has 1 aliphatic carbocycles. The van der Waals surface area contributed by atoms with Gasteiger partial charge in [-0.15, -0.1) is 0 Å². The molecule has 0 aromatic heterocycles. The van der Waals surface area contributed by atoms with Crippen LogP contribution in [0.3, 0.4) is 0 Å². The zero-order chi connectivity index (χ0) is 15.5. The summed E-state index contributed by atoms with van der Waals surface area (Å²) in [5, 5.41) is 0. The average Bonchev–Trinajstić information content (AvgIpc) is 2.86. The number of hydrogen-bond acceptors (Lipinski definition) is 2. The third-order valence-electron chi connectivity index (χ3n) is 3.53.